The zero-order valence-electron chi connectivity index (χ0n) is 20.4. The van der Waals surface area contributed by atoms with E-state index in [4.69, 9.17) is 4.74 Å². The quantitative estimate of drug-likeness (QED) is 0.297. The molecule has 177 valence electrons. The molecule has 3 rings (SSSR count). The third kappa shape index (κ3) is 6.07. The number of ether oxygens (including phenoxy) is 1. The van der Waals surface area contributed by atoms with Crippen LogP contribution < -0.4 is 21.4 Å². The second kappa shape index (κ2) is 12.1. The maximum absolute atomic E-state index is 5.92. The molecule has 1 aliphatic carbocycles. The number of likely N-dealkylation sites (N-methyl/N-ethyl adjacent to an activating group) is 2. The highest BCUT2D eigenvalue weighted by atomic mass is 16.5. The first-order valence-corrected chi connectivity index (χ1v) is 12.3. The summed E-state index contributed by atoms with van der Waals surface area (Å²) in [6, 6.07) is 9.39. The molecular formula is C26H43N5O+. The number of methoxy groups -OCH3 is 1. The second-order valence-electron chi connectivity index (χ2n) is 8.94. The number of nitrogens with zero attached hydrogens (tertiary/aromatic N) is 1. The van der Waals surface area contributed by atoms with Gasteiger partial charge in [0.25, 0.3) is 0 Å². The number of rotatable bonds is 12. The van der Waals surface area contributed by atoms with Crippen LogP contribution in [0.5, 0.6) is 0 Å². The van der Waals surface area contributed by atoms with Crippen molar-refractivity contribution >= 4 is 0 Å². The standard InChI is InChI=1S/C26H43N5O/c1-5-24(25(28-6-2)29-7-3)30-31(19-17-27-18-20-31)21-22-11-13-23(14-12-22)26(32-4)15-9-8-10-16-26/h9-15,24-25,27-30H,5-7,16-21H2,1-4H3/q+1. The highest BCUT2D eigenvalue weighted by Crippen LogP contribution is 2.33. The molecule has 1 heterocycles. The van der Waals surface area contributed by atoms with Crippen LogP contribution in [0, 0.1) is 6.08 Å². The molecule has 1 aliphatic heterocycles. The van der Waals surface area contributed by atoms with Crippen LogP contribution in [0.2, 0.25) is 0 Å². The zero-order valence-corrected chi connectivity index (χ0v) is 20.4. The summed E-state index contributed by atoms with van der Waals surface area (Å²) in [4.78, 5) is 0. The van der Waals surface area contributed by atoms with Gasteiger partial charge in [0, 0.05) is 32.2 Å². The average Bonchev–Trinajstić information content (AvgIpc) is 2.84. The predicted molar refractivity (Wildman–Crippen MR) is 132 cm³/mol. The predicted octanol–water partition coefficient (Wildman–Crippen LogP) is 2.60. The van der Waals surface area contributed by atoms with Crippen molar-refractivity contribution in [2.24, 2.45) is 0 Å². The fourth-order valence-electron chi connectivity index (χ4n) is 4.96. The zero-order chi connectivity index (χ0) is 22.9. The van der Waals surface area contributed by atoms with Crippen molar-refractivity contribution in [2.45, 2.75) is 58.0 Å². The van der Waals surface area contributed by atoms with Gasteiger partial charge in [0.05, 0.1) is 12.2 Å². The Morgan fingerprint density at radius 1 is 1.09 bits per heavy atom. The molecule has 2 aliphatic rings. The van der Waals surface area contributed by atoms with E-state index in [1.54, 1.807) is 7.11 Å². The van der Waals surface area contributed by atoms with E-state index in [2.05, 4.69) is 84.6 Å². The van der Waals surface area contributed by atoms with Gasteiger partial charge in [-0.15, -0.1) is 0 Å². The first kappa shape index (κ1) is 25.1. The van der Waals surface area contributed by atoms with E-state index in [1.807, 2.05) is 6.08 Å². The lowest BCUT2D eigenvalue weighted by Crippen LogP contribution is -2.71. The monoisotopic (exact) mass is 441 g/mol. The summed E-state index contributed by atoms with van der Waals surface area (Å²) >= 11 is 0. The number of nitrogens with one attached hydrogen (secondary N) is 4. The van der Waals surface area contributed by atoms with Gasteiger partial charge in [0.15, 0.2) is 0 Å². The van der Waals surface area contributed by atoms with E-state index < -0.39 is 0 Å². The minimum absolute atomic E-state index is 0.270. The fourth-order valence-corrected chi connectivity index (χ4v) is 4.96. The molecule has 1 saturated heterocycles. The minimum atomic E-state index is -0.374. The van der Waals surface area contributed by atoms with Gasteiger partial charge in [-0.25, -0.2) is 4.59 Å². The summed E-state index contributed by atoms with van der Waals surface area (Å²) in [5.74, 6) is 0. The van der Waals surface area contributed by atoms with Crippen molar-refractivity contribution in [1.29, 1.82) is 0 Å². The molecule has 0 bridgehead atoms. The number of piperazine rings is 1. The molecule has 1 aromatic rings. The van der Waals surface area contributed by atoms with Gasteiger partial charge >= 0.3 is 0 Å². The Bertz CT molecular complexity index is 735. The van der Waals surface area contributed by atoms with Crippen molar-refractivity contribution < 1.29 is 9.33 Å². The van der Waals surface area contributed by atoms with Crippen molar-refractivity contribution in [3.8, 4) is 0 Å². The number of benzene rings is 1. The van der Waals surface area contributed by atoms with E-state index >= 15 is 0 Å². The Hall–Kier alpha value is -1.54. The molecule has 0 amide bonds. The van der Waals surface area contributed by atoms with Crippen molar-refractivity contribution in [1.82, 2.24) is 21.4 Å². The molecule has 6 heteroatoms. The number of allylic oxidation sites excluding steroid dienone is 2. The SMILES string of the molecule is CCNC(NCC)C(CC)N[N+]1(Cc2ccc(C3(OC)C=C[C]=CC3)cc2)CCNCC1. The van der Waals surface area contributed by atoms with Crippen LogP contribution >= 0.6 is 0 Å². The number of hydrogen-bond acceptors (Lipinski definition) is 5. The summed E-state index contributed by atoms with van der Waals surface area (Å²) in [5, 5.41) is 10.8. The van der Waals surface area contributed by atoms with Gasteiger partial charge in [-0.1, -0.05) is 57.2 Å². The van der Waals surface area contributed by atoms with Crippen LogP contribution in [0.1, 0.15) is 44.7 Å². The lowest BCUT2D eigenvalue weighted by Gasteiger charge is -2.45. The molecular weight excluding hydrogens is 398 g/mol. The molecule has 4 N–H and O–H groups in total. The first-order valence-electron chi connectivity index (χ1n) is 12.3. The average molecular weight is 442 g/mol. The largest absolute Gasteiger partial charge is 0.369 e. The van der Waals surface area contributed by atoms with Gasteiger partial charge in [0.1, 0.15) is 25.2 Å². The summed E-state index contributed by atoms with van der Waals surface area (Å²) in [6.45, 7) is 13.8. The number of quaternary nitrogens is 1. The molecule has 6 nitrogen and oxygen atoms in total. The lowest BCUT2D eigenvalue weighted by molar-refractivity contribution is -0.986. The highest BCUT2D eigenvalue weighted by Gasteiger charge is 2.35. The van der Waals surface area contributed by atoms with Crippen LogP contribution in [0.15, 0.2) is 42.5 Å². The van der Waals surface area contributed by atoms with Crippen LogP contribution in [0.25, 0.3) is 0 Å². The molecule has 0 spiro atoms. The van der Waals surface area contributed by atoms with E-state index in [0.29, 0.717) is 6.04 Å². The summed E-state index contributed by atoms with van der Waals surface area (Å²) in [7, 11) is 1.79. The van der Waals surface area contributed by atoms with Gasteiger partial charge in [0.2, 0.25) is 0 Å². The normalized spacial score (nSPS) is 23.5. The van der Waals surface area contributed by atoms with E-state index in [0.717, 1.165) is 63.2 Å². The van der Waals surface area contributed by atoms with Crippen LogP contribution in [-0.4, -0.2) is 63.2 Å². The van der Waals surface area contributed by atoms with E-state index in [1.165, 1.54) is 11.1 Å². The maximum atomic E-state index is 5.92. The second-order valence-corrected chi connectivity index (χ2v) is 8.94. The van der Waals surface area contributed by atoms with Gasteiger partial charge in [-0.3, -0.25) is 0 Å². The maximum Gasteiger partial charge on any atom is 0.122 e. The third-order valence-corrected chi connectivity index (χ3v) is 6.83. The van der Waals surface area contributed by atoms with Gasteiger partial charge in [-0.05, 0) is 37.2 Å². The van der Waals surface area contributed by atoms with Crippen molar-refractivity contribution in [2.75, 3.05) is 46.4 Å². The molecule has 0 saturated carbocycles. The van der Waals surface area contributed by atoms with Crippen LogP contribution in [-0.2, 0) is 16.9 Å². The van der Waals surface area contributed by atoms with Crippen LogP contribution in [0.4, 0.5) is 0 Å². The first-order chi connectivity index (χ1) is 15.6. The van der Waals surface area contributed by atoms with Crippen LogP contribution in [0.3, 0.4) is 0 Å². The van der Waals surface area contributed by atoms with E-state index in [9.17, 15) is 0 Å². The molecule has 32 heavy (non-hydrogen) atoms. The fraction of sp³-hybridized carbons (Fsp3) is 0.615. The molecule has 0 aromatic heterocycles. The highest BCUT2D eigenvalue weighted by molar-refractivity contribution is 5.33. The van der Waals surface area contributed by atoms with Crippen molar-refractivity contribution in [3.05, 3.63) is 59.7 Å². The molecule has 2 unspecified atom stereocenters. The summed E-state index contributed by atoms with van der Waals surface area (Å²) < 4.78 is 6.83. The lowest BCUT2D eigenvalue weighted by atomic mass is 9.87. The molecule has 1 fully saturated rings. The van der Waals surface area contributed by atoms with E-state index in [-0.39, 0.29) is 11.8 Å². The Balaban J connectivity index is 1.77. The Kier molecular flexibility index (Phi) is 9.46. The third-order valence-electron chi connectivity index (χ3n) is 6.83. The molecule has 1 radical (unpaired) electrons. The minimum Gasteiger partial charge on any atom is -0.369 e. The Morgan fingerprint density at radius 2 is 1.78 bits per heavy atom. The Morgan fingerprint density at radius 3 is 2.31 bits per heavy atom. The molecule has 2 atom stereocenters. The Labute approximate surface area is 195 Å². The van der Waals surface area contributed by atoms with Crippen molar-refractivity contribution in [3.63, 3.8) is 0 Å². The summed E-state index contributed by atoms with van der Waals surface area (Å²) in [5.41, 5.74) is 6.24. The molecule has 1 aromatic carbocycles. The summed E-state index contributed by atoms with van der Waals surface area (Å²) in [6.07, 6.45) is 11.4. The topological polar surface area (TPSA) is 57.3 Å². The van der Waals surface area contributed by atoms with Gasteiger partial charge < -0.3 is 20.7 Å². The smallest absolute Gasteiger partial charge is 0.122 e. The van der Waals surface area contributed by atoms with Gasteiger partial charge in [-0.2, -0.15) is 5.43 Å². The number of hydrogen-bond donors (Lipinski definition) is 4.